The number of H-pyrrole nitrogens is 2. The molecular formula is C14H13N5O2S. The lowest BCUT2D eigenvalue weighted by molar-refractivity contribution is 0.299. The minimum absolute atomic E-state index is 0.138. The molecule has 5 rings (SSSR count). The van der Waals surface area contributed by atoms with Gasteiger partial charge in [0.1, 0.15) is 10.7 Å². The Bertz CT molecular complexity index is 937. The van der Waals surface area contributed by atoms with Gasteiger partial charge in [-0.05, 0) is 25.7 Å². The summed E-state index contributed by atoms with van der Waals surface area (Å²) in [4.78, 5) is 25.0. The van der Waals surface area contributed by atoms with E-state index >= 15 is 0 Å². The fraction of sp³-hybridized carbons (Fsp3) is 0.429. The van der Waals surface area contributed by atoms with Crippen molar-refractivity contribution in [3.8, 4) is 16.7 Å². The first-order valence-corrected chi connectivity index (χ1v) is 8.22. The van der Waals surface area contributed by atoms with Crippen LogP contribution in [0.2, 0.25) is 0 Å². The second-order valence-corrected chi connectivity index (χ2v) is 6.69. The summed E-state index contributed by atoms with van der Waals surface area (Å²) in [5, 5.41) is 8.60. The number of nitrogens with zero attached hydrogens (tertiary/aromatic N) is 3. The molecule has 0 saturated heterocycles. The van der Waals surface area contributed by atoms with Crippen LogP contribution >= 0.6 is 11.3 Å². The molecule has 2 aliphatic rings. The van der Waals surface area contributed by atoms with Crippen LogP contribution in [0.15, 0.2) is 4.79 Å². The molecule has 0 radical (unpaired) electrons. The van der Waals surface area contributed by atoms with Crippen molar-refractivity contribution in [1.29, 1.82) is 0 Å². The van der Waals surface area contributed by atoms with Crippen molar-refractivity contribution in [2.24, 2.45) is 0 Å². The van der Waals surface area contributed by atoms with Crippen LogP contribution in [0.3, 0.4) is 0 Å². The van der Waals surface area contributed by atoms with Crippen molar-refractivity contribution in [1.82, 2.24) is 25.1 Å². The van der Waals surface area contributed by atoms with Crippen LogP contribution < -0.4 is 10.3 Å². The predicted octanol–water partition coefficient (Wildman–Crippen LogP) is 1.97. The first kappa shape index (κ1) is 12.3. The highest BCUT2D eigenvalue weighted by atomic mass is 32.1. The molecule has 3 aromatic rings. The van der Waals surface area contributed by atoms with Gasteiger partial charge in [-0.2, -0.15) is 5.10 Å². The third-order valence-corrected chi connectivity index (χ3v) is 5.14. The van der Waals surface area contributed by atoms with E-state index < -0.39 is 0 Å². The SMILES string of the molecule is O=c1[nH]c(-c2n[nH]c(C3CC3)n2)nc2sc3c(c12)CCCO3. The fourth-order valence-electron chi connectivity index (χ4n) is 2.83. The molecule has 1 fully saturated rings. The number of thiophene rings is 1. The van der Waals surface area contributed by atoms with Crippen LogP contribution in [-0.2, 0) is 6.42 Å². The van der Waals surface area contributed by atoms with Crippen molar-refractivity contribution < 1.29 is 4.74 Å². The van der Waals surface area contributed by atoms with Crippen LogP contribution in [0.4, 0.5) is 0 Å². The van der Waals surface area contributed by atoms with Crippen LogP contribution in [0.1, 0.15) is 36.6 Å². The number of aromatic nitrogens is 5. The highest BCUT2D eigenvalue weighted by Crippen LogP contribution is 2.39. The van der Waals surface area contributed by atoms with Crippen molar-refractivity contribution in [3.05, 3.63) is 21.7 Å². The van der Waals surface area contributed by atoms with Gasteiger partial charge in [0.05, 0.1) is 12.0 Å². The smallest absolute Gasteiger partial charge is 0.260 e. The Kier molecular flexibility index (Phi) is 2.46. The second-order valence-electron chi connectivity index (χ2n) is 5.73. The van der Waals surface area contributed by atoms with Gasteiger partial charge in [0.2, 0.25) is 5.82 Å². The number of aromatic amines is 2. The number of hydrogen-bond acceptors (Lipinski definition) is 6. The first-order valence-electron chi connectivity index (χ1n) is 7.41. The number of ether oxygens (including phenoxy) is 1. The molecular weight excluding hydrogens is 302 g/mol. The summed E-state index contributed by atoms with van der Waals surface area (Å²) < 4.78 is 5.64. The van der Waals surface area contributed by atoms with Gasteiger partial charge in [-0.25, -0.2) is 9.97 Å². The van der Waals surface area contributed by atoms with E-state index in [0.29, 0.717) is 34.4 Å². The maximum atomic E-state index is 12.4. The summed E-state index contributed by atoms with van der Waals surface area (Å²) in [6.45, 7) is 0.705. The lowest BCUT2D eigenvalue weighted by Crippen LogP contribution is -2.12. The summed E-state index contributed by atoms with van der Waals surface area (Å²) >= 11 is 1.43. The third kappa shape index (κ3) is 1.80. The molecule has 0 atom stereocenters. The van der Waals surface area contributed by atoms with Gasteiger partial charge in [0, 0.05) is 11.5 Å². The highest BCUT2D eigenvalue weighted by molar-refractivity contribution is 7.20. The van der Waals surface area contributed by atoms with E-state index in [1.165, 1.54) is 11.3 Å². The molecule has 2 N–H and O–H groups in total. The van der Waals surface area contributed by atoms with E-state index in [2.05, 4.69) is 25.1 Å². The zero-order valence-corrected chi connectivity index (χ0v) is 12.5. The van der Waals surface area contributed by atoms with Gasteiger partial charge < -0.3 is 9.72 Å². The van der Waals surface area contributed by atoms with Gasteiger partial charge >= 0.3 is 0 Å². The van der Waals surface area contributed by atoms with E-state index in [1.54, 1.807) is 0 Å². The molecule has 0 spiro atoms. The van der Waals surface area contributed by atoms with E-state index in [9.17, 15) is 4.79 Å². The van der Waals surface area contributed by atoms with Crippen LogP contribution in [0.5, 0.6) is 5.06 Å². The average molecular weight is 315 g/mol. The molecule has 0 bridgehead atoms. The second kappa shape index (κ2) is 4.39. The van der Waals surface area contributed by atoms with Crippen molar-refractivity contribution in [3.63, 3.8) is 0 Å². The van der Waals surface area contributed by atoms with E-state index in [4.69, 9.17) is 4.74 Å². The molecule has 0 aromatic carbocycles. The van der Waals surface area contributed by atoms with Gasteiger partial charge in [0.25, 0.3) is 5.56 Å². The Hall–Kier alpha value is -2.22. The molecule has 22 heavy (non-hydrogen) atoms. The number of aryl methyl sites for hydroxylation is 1. The van der Waals surface area contributed by atoms with Crippen molar-refractivity contribution >= 4 is 21.6 Å². The average Bonchev–Trinajstić information content (AvgIpc) is 3.12. The van der Waals surface area contributed by atoms with Crippen LogP contribution in [-0.4, -0.2) is 31.8 Å². The molecule has 4 heterocycles. The molecule has 0 unspecified atom stereocenters. The molecule has 1 aliphatic carbocycles. The topological polar surface area (TPSA) is 96.6 Å². The number of hydrogen-bond donors (Lipinski definition) is 2. The Balaban J connectivity index is 1.67. The lowest BCUT2D eigenvalue weighted by Gasteiger charge is -2.11. The van der Waals surface area contributed by atoms with Gasteiger partial charge in [-0.3, -0.25) is 9.89 Å². The Labute approximate surface area is 128 Å². The Morgan fingerprint density at radius 2 is 2.18 bits per heavy atom. The summed E-state index contributed by atoms with van der Waals surface area (Å²) in [6.07, 6.45) is 4.09. The van der Waals surface area contributed by atoms with Crippen LogP contribution in [0.25, 0.3) is 21.9 Å². The highest BCUT2D eigenvalue weighted by Gasteiger charge is 2.28. The lowest BCUT2D eigenvalue weighted by atomic mass is 10.1. The molecule has 112 valence electrons. The maximum Gasteiger partial charge on any atom is 0.260 e. The standard InChI is InChI=1S/C14H13N5O2S/c20-12-8-7-2-1-5-21-14(7)22-13(8)17-10(16-12)11-15-9(18-19-11)6-3-4-6/h6H,1-5H2,(H,15,18,19)(H,16,17,20). The summed E-state index contributed by atoms with van der Waals surface area (Å²) in [7, 11) is 0. The monoisotopic (exact) mass is 315 g/mol. The summed E-state index contributed by atoms with van der Waals surface area (Å²) in [6, 6.07) is 0. The molecule has 8 heteroatoms. The third-order valence-electron chi connectivity index (χ3n) is 4.11. The number of rotatable bonds is 2. The minimum atomic E-state index is -0.138. The van der Waals surface area contributed by atoms with Crippen LogP contribution in [0, 0.1) is 0 Å². The predicted molar refractivity (Wildman–Crippen MR) is 81.4 cm³/mol. The first-order chi connectivity index (χ1) is 10.8. The maximum absolute atomic E-state index is 12.4. The largest absolute Gasteiger partial charge is 0.484 e. The normalized spacial score (nSPS) is 17.5. The van der Waals surface area contributed by atoms with E-state index in [-0.39, 0.29) is 5.56 Å². The van der Waals surface area contributed by atoms with Crippen molar-refractivity contribution in [2.75, 3.05) is 6.61 Å². The van der Waals surface area contributed by atoms with Gasteiger partial charge in [0.15, 0.2) is 10.9 Å². The summed E-state index contributed by atoms with van der Waals surface area (Å²) in [5.41, 5.74) is 0.848. The van der Waals surface area contributed by atoms with Gasteiger partial charge in [-0.1, -0.05) is 11.3 Å². The van der Waals surface area contributed by atoms with E-state index in [1.807, 2.05) is 0 Å². The van der Waals surface area contributed by atoms with E-state index in [0.717, 1.165) is 42.1 Å². The zero-order valence-electron chi connectivity index (χ0n) is 11.7. The number of fused-ring (bicyclic) bond motifs is 3. The minimum Gasteiger partial charge on any atom is -0.484 e. The molecule has 1 saturated carbocycles. The Morgan fingerprint density at radius 1 is 1.27 bits per heavy atom. The van der Waals surface area contributed by atoms with Gasteiger partial charge in [-0.15, -0.1) is 0 Å². The molecule has 7 nitrogen and oxygen atoms in total. The molecule has 3 aromatic heterocycles. The summed E-state index contributed by atoms with van der Waals surface area (Å²) in [5.74, 6) is 2.23. The Morgan fingerprint density at radius 3 is 3.05 bits per heavy atom. The molecule has 0 amide bonds. The zero-order chi connectivity index (χ0) is 14.7. The quantitative estimate of drug-likeness (QED) is 0.753. The van der Waals surface area contributed by atoms with Crippen molar-refractivity contribution in [2.45, 2.75) is 31.6 Å². The number of nitrogens with one attached hydrogen (secondary N) is 2. The molecule has 1 aliphatic heterocycles. The fourth-order valence-corrected chi connectivity index (χ4v) is 3.93.